The first kappa shape index (κ1) is 9.93. The van der Waals surface area contributed by atoms with Gasteiger partial charge in [0.1, 0.15) is 0 Å². The third-order valence-electron chi connectivity index (χ3n) is 3.37. The molecular weight excluding hydrogens is 180 g/mol. The number of hydrogen-bond donors (Lipinski definition) is 1. The molecule has 0 radical (unpaired) electrons. The molecule has 80 valence electrons. The molecule has 14 heavy (non-hydrogen) atoms. The number of nitrogens with zero attached hydrogens (tertiary/aromatic N) is 2. The summed E-state index contributed by atoms with van der Waals surface area (Å²) in [6, 6.07) is 0. The van der Waals surface area contributed by atoms with Gasteiger partial charge in [-0.25, -0.2) is 0 Å². The summed E-state index contributed by atoms with van der Waals surface area (Å²) in [4.78, 5) is 15.0. The summed E-state index contributed by atoms with van der Waals surface area (Å²) < 4.78 is 0. The largest absolute Gasteiger partial charge is 0.390 e. The van der Waals surface area contributed by atoms with Gasteiger partial charge in [0.05, 0.1) is 18.8 Å². The third kappa shape index (κ3) is 1.91. The molecular formula is C10H18N2O2. The predicted molar refractivity (Wildman–Crippen MR) is 52.6 cm³/mol. The van der Waals surface area contributed by atoms with Crippen LogP contribution in [0, 0.1) is 0 Å². The van der Waals surface area contributed by atoms with E-state index in [1.54, 1.807) is 4.90 Å². The van der Waals surface area contributed by atoms with Crippen molar-refractivity contribution in [3.05, 3.63) is 0 Å². The lowest BCUT2D eigenvalue weighted by Gasteiger charge is -2.37. The lowest BCUT2D eigenvalue weighted by atomic mass is 9.78. The quantitative estimate of drug-likeness (QED) is 0.695. The van der Waals surface area contributed by atoms with E-state index < -0.39 is 5.60 Å². The predicted octanol–water partition coefficient (Wildman–Crippen LogP) is 0.0230. The zero-order chi connectivity index (χ0) is 10.2. The summed E-state index contributed by atoms with van der Waals surface area (Å²) in [5.74, 6) is 0.186. The number of aliphatic hydroxyl groups is 1. The van der Waals surface area contributed by atoms with Gasteiger partial charge in [0, 0.05) is 13.6 Å². The minimum absolute atomic E-state index is 0.186. The van der Waals surface area contributed by atoms with Crippen LogP contribution in [0.2, 0.25) is 0 Å². The zero-order valence-corrected chi connectivity index (χ0v) is 8.70. The maximum Gasteiger partial charge on any atom is 0.237 e. The fourth-order valence-electron chi connectivity index (χ4n) is 2.09. The van der Waals surface area contributed by atoms with E-state index in [0.717, 1.165) is 38.9 Å². The topological polar surface area (TPSA) is 43.8 Å². The van der Waals surface area contributed by atoms with Crippen LogP contribution in [0.3, 0.4) is 0 Å². The molecule has 0 aromatic carbocycles. The Bertz CT molecular complexity index is 238. The average molecular weight is 198 g/mol. The SMILES string of the molecule is CN1CN(CCC2(O)CCC2)CC1=O. The second-order valence-electron chi connectivity index (χ2n) is 4.61. The van der Waals surface area contributed by atoms with Crippen LogP contribution >= 0.6 is 0 Å². The minimum atomic E-state index is -0.412. The summed E-state index contributed by atoms with van der Waals surface area (Å²) in [5, 5.41) is 9.88. The van der Waals surface area contributed by atoms with Gasteiger partial charge in [-0.1, -0.05) is 0 Å². The lowest BCUT2D eigenvalue weighted by molar-refractivity contribution is -0.125. The molecule has 2 fully saturated rings. The van der Waals surface area contributed by atoms with E-state index in [4.69, 9.17) is 0 Å². The highest BCUT2D eigenvalue weighted by Gasteiger charge is 2.35. The van der Waals surface area contributed by atoms with E-state index in [1.807, 2.05) is 7.05 Å². The van der Waals surface area contributed by atoms with Crippen molar-refractivity contribution < 1.29 is 9.90 Å². The maximum atomic E-state index is 11.2. The normalized spacial score (nSPS) is 26.7. The third-order valence-corrected chi connectivity index (χ3v) is 3.37. The minimum Gasteiger partial charge on any atom is -0.390 e. The second kappa shape index (κ2) is 3.51. The first-order valence-corrected chi connectivity index (χ1v) is 5.28. The molecule has 1 heterocycles. The van der Waals surface area contributed by atoms with Crippen molar-refractivity contribution in [2.75, 3.05) is 26.8 Å². The molecule has 2 rings (SSSR count). The molecule has 1 N–H and O–H groups in total. The number of rotatable bonds is 3. The summed E-state index contributed by atoms with van der Waals surface area (Å²) >= 11 is 0. The number of amides is 1. The molecule has 0 atom stereocenters. The summed E-state index contributed by atoms with van der Waals surface area (Å²) in [6.45, 7) is 2.08. The van der Waals surface area contributed by atoms with Crippen LogP contribution in [0.1, 0.15) is 25.7 Å². The van der Waals surface area contributed by atoms with E-state index in [1.165, 1.54) is 0 Å². The van der Waals surface area contributed by atoms with Crippen molar-refractivity contribution in [3.63, 3.8) is 0 Å². The van der Waals surface area contributed by atoms with Crippen LogP contribution in [-0.4, -0.2) is 53.2 Å². The van der Waals surface area contributed by atoms with E-state index in [9.17, 15) is 9.90 Å². The summed E-state index contributed by atoms with van der Waals surface area (Å²) in [6.07, 6.45) is 3.83. The van der Waals surface area contributed by atoms with E-state index in [2.05, 4.69) is 4.90 Å². The van der Waals surface area contributed by atoms with Crippen molar-refractivity contribution in [2.24, 2.45) is 0 Å². The van der Waals surface area contributed by atoms with E-state index >= 15 is 0 Å². The van der Waals surface area contributed by atoms with Crippen molar-refractivity contribution in [3.8, 4) is 0 Å². The Kier molecular flexibility index (Phi) is 2.49. The van der Waals surface area contributed by atoms with Crippen molar-refractivity contribution in [2.45, 2.75) is 31.3 Å². The van der Waals surface area contributed by atoms with Crippen molar-refractivity contribution in [1.82, 2.24) is 9.80 Å². The number of hydrogen-bond acceptors (Lipinski definition) is 3. The van der Waals surface area contributed by atoms with Crippen molar-refractivity contribution >= 4 is 5.91 Å². The molecule has 0 aromatic rings. The van der Waals surface area contributed by atoms with Gasteiger partial charge in [0.15, 0.2) is 0 Å². The summed E-state index contributed by atoms with van der Waals surface area (Å²) in [7, 11) is 1.82. The molecule has 1 amide bonds. The molecule has 1 saturated heterocycles. The highest BCUT2D eigenvalue weighted by atomic mass is 16.3. The van der Waals surface area contributed by atoms with Gasteiger partial charge in [-0.05, 0) is 25.7 Å². The standard InChI is InChI=1S/C10H18N2O2/c1-11-8-12(7-9(11)13)6-5-10(14)3-2-4-10/h14H,2-8H2,1H3. The maximum absolute atomic E-state index is 11.2. The Morgan fingerprint density at radius 1 is 1.50 bits per heavy atom. The molecule has 1 aliphatic heterocycles. The monoisotopic (exact) mass is 198 g/mol. The smallest absolute Gasteiger partial charge is 0.237 e. The first-order chi connectivity index (χ1) is 6.59. The van der Waals surface area contributed by atoms with Gasteiger partial charge < -0.3 is 10.0 Å². The Morgan fingerprint density at radius 2 is 2.21 bits per heavy atom. The van der Waals surface area contributed by atoms with Crippen LogP contribution < -0.4 is 0 Å². The molecule has 0 unspecified atom stereocenters. The Labute approximate surface area is 84.5 Å². The van der Waals surface area contributed by atoms with Crippen LogP contribution in [0.25, 0.3) is 0 Å². The molecule has 0 spiro atoms. The van der Waals surface area contributed by atoms with E-state index in [0.29, 0.717) is 6.54 Å². The van der Waals surface area contributed by atoms with Crippen molar-refractivity contribution in [1.29, 1.82) is 0 Å². The van der Waals surface area contributed by atoms with E-state index in [-0.39, 0.29) is 5.91 Å². The molecule has 4 nitrogen and oxygen atoms in total. The molecule has 0 bridgehead atoms. The molecule has 2 aliphatic rings. The number of likely N-dealkylation sites (N-methyl/N-ethyl adjacent to an activating group) is 1. The molecule has 4 heteroatoms. The Morgan fingerprint density at radius 3 is 2.64 bits per heavy atom. The average Bonchev–Trinajstić information content (AvgIpc) is 2.40. The highest BCUT2D eigenvalue weighted by molar-refractivity contribution is 5.79. The fourth-order valence-corrected chi connectivity index (χ4v) is 2.09. The van der Waals surface area contributed by atoms with Gasteiger partial charge >= 0.3 is 0 Å². The first-order valence-electron chi connectivity index (χ1n) is 5.28. The number of carbonyl (C=O) groups excluding carboxylic acids is 1. The van der Waals surface area contributed by atoms with Gasteiger partial charge in [0.2, 0.25) is 5.91 Å². The van der Waals surface area contributed by atoms with Gasteiger partial charge in [-0.15, -0.1) is 0 Å². The Balaban J connectivity index is 1.74. The lowest BCUT2D eigenvalue weighted by Crippen LogP contribution is -2.40. The molecule has 0 aromatic heterocycles. The second-order valence-corrected chi connectivity index (χ2v) is 4.61. The van der Waals surface area contributed by atoms with Crippen LogP contribution in [-0.2, 0) is 4.79 Å². The van der Waals surface area contributed by atoms with Gasteiger partial charge in [0.25, 0.3) is 0 Å². The fraction of sp³-hybridized carbons (Fsp3) is 0.900. The van der Waals surface area contributed by atoms with Gasteiger partial charge in [-0.2, -0.15) is 0 Å². The van der Waals surface area contributed by atoms with Gasteiger partial charge in [-0.3, -0.25) is 9.69 Å². The molecule has 1 aliphatic carbocycles. The van der Waals surface area contributed by atoms with Crippen LogP contribution in [0.15, 0.2) is 0 Å². The highest BCUT2D eigenvalue weighted by Crippen LogP contribution is 2.34. The van der Waals surface area contributed by atoms with Crippen LogP contribution in [0.5, 0.6) is 0 Å². The zero-order valence-electron chi connectivity index (χ0n) is 8.70. The Hall–Kier alpha value is -0.610. The van der Waals surface area contributed by atoms with Crippen LogP contribution in [0.4, 0.5) is 0 Å². The summed E-state index contributed by atoms with van der Waals surface area (Å²) in [5.41, 5.74) is -0.412. The molecule has 1 saturated carbocycles. The number of carbonyl (C=O) groups is 1.